The van der Waals surface area contributed by atoms with Crippen LogP contribution in [-0.2, 0) is 28.7 Å². The molecule has 0 bridgehead atoms. The van der Waals surface area contributed by atoms with Gasteiger partial charge in [0.25, 0.3) is 0 Å². The van der Waals surface area contributed by atoms with E-state index in [-0.39, 0.29) is 31.9 Å². The van der Waals surface area contributed by atoms with Crippen LogP contribution in [0.1, 0.15) is 91.9 Å². The number of anilines is 1. The lowest BCUT2D eigenvalue weighted by atomic mass is 9.91. The lowest BCUT2D eigenvalue weighted by Gasteiger charge is -2.33. The molecule has 0 spiro atoms. The molecular weight excluding hydrogens is 565 g/mol. The fourth-order valence-corrected chi connectivity index (χ4v) is 5.36. The van der Waals surface area contributed by atoms with Crippen molar-refractivity contribution in [1.82, 2.24) is 0 Å². The first-order chi connectivity index (χ1) is 20.3. The molecule has 0 aromatic heterocycles. The van der Waals surface area contributed by atoms with Gasteiger partial charge < -0.3 is 19.9 Å². The SMILES string of the molecule is CCCCC(CC)N(C(N)=O)c1c(C/C=C(\C)CCC(=O)Oc2ccccc2C(F)(F)F)c(OC)c(C)c2c1C(=O)OC2. The molecule has 1 aliphatic heterocycles. The topological polar surface area (TPSA) is 108 Å². The number of carbonyl (C=O) groups excluding carboxylic acids is 3. The zero-order chi connectivity index (χ0) is 31.9. The molecule has 0 aliphatic carbocycles. The van der Waals surface area contributed by atoms with E-state index in [0.29, 0.717) is 46.5 Å². The lowest BCUT2D eigenvalue weighted by Crippen LogP contribution is -2.45. The van der Waals surface area contributed by atoms with Crippen LogP contribution in [0.15, 0.2) is 35.9 Å². The van der Waals surface area contributed by atoms with Crippen molar-refractivity contribution in [3.63, 3.8) is 0 Å². The maximum atomic E-state index is 13.3. The molecule has 1 aliphatic rings. The fourth-order valence-electron chi connectivity index (χ4n) is 5.36. The third-order valence-electron chi connectivity index (χ3n) is 7.65. The minimum Gasteiger partial charge on any atom is -0.496 e. The molecule has 43 heavy (non-hydrogen) atoms. The second-order valence-corrected chi connectivity index (χ2v) is 10.6. The number of halogens is 3. The molecular formula is C32H39F3N2O6. The molecule has 0 fully saturated rings. The van der Waals surface area contributed by atoms with Crippen molar-refractivity contribution < 1.29 is 41.8 Å². The number of urea groups is 1. The number of hydrogen-bond acceptors (Lipinski definition) is 6. The van der Waals surface area contributed by atoms with Crippen LogP contribution in [-0.4, -0.2) is 31.1 Å². The number of benzene rings is 2. The monoisotopic (exact) mass is 604 g/mol. The smallest absolute Gasteiger partial charge is 0.419 e. The molecule has 2 aromatic carbocycles. The van der Waals surface area contributed by atoms with E-state index in [0.717, 1.165) is 30.5 Å². The van der Waals surface area contributed by atoms with Crippen molar-refractivity contribution in [1.29, 1.82) is 0 Å². The molecule has 2 N–H and O–H groups in total. The van der Waals surface area contributed by atoms with E-state index in [1.807, 2.05) is 19.9 Å². The first-order valence-corrected chi connectivity index (χ1v) is 14.4. The zero-order valence-electron chi connectivity index (χ0n) is 25.2. The Morgan fingerprint density at radius 2 is 1.88 bits per heavy atom. The summed E-state index contributed by atoms with van der Waals surface area (Å²) in [4.78, 5) is 39.9. The highest BCUT2D eigenvalue weighted by atomic mass is 19.4. The number of hydrogen-bond donors (Lipinski definition) is 1. The number of cyclic esters (lactones) is 1. The van der Waals surface area contributed by atoms with Gasteiger partial charge in [0.1, 0.15) is 18.1 Å². The summed E-state index contributed by atoms with van der Waals surface area (Å²) in [5.41, 5.74) is 8.26. The fraction of sp³-hybridized carbons (Fsp3) is 0.469. The summed E-state index contributed by atoms with van der Waals surface area (Å²) < 4.78 is 56.0. The number of unbranched alkanes of at least 4 members (excludes halogenated alkanes) is 1. The van der Waals surface area contributed by atoms with Gasteiger partial charge in [-0.25, -0.2) is 9.59 Å². The third-order valence-corrected chi connectivity index (χ3v) is 7.65. The molecule has 0 saturated heterocycles. The summed E-state index contributed by atoms with van der Waals surface area (Å²) in [5, 5.41) is 0. The van der Waals surface area contributed by atoms with Gasteiger partial charge in [0, 0.05) is 23.6 Å². The standard InChI is InChI=1S/C32H39F3N2O6/c1-6-8-11-21(7-2)37(31(36)40)28-22(29(41-5)20(4)23-18-42-30(39)27(23)28)16-14-19(3)15-17-26(38)43-25-13-10-9-12-24(25)32(33,34)35/h9-10,12-14,21H,6-8,11,15-18H2,1-5H3,(H2,36,40)/b19-14+. The van der Waals surface area contributed by atoms with Gasteiger partial charge in [-0.3, -0.25) is 9.69 Å². The Kier molecular flexibility index (Phi) is 11.2. The van der Waals surface area contributed by atoms with E-state index in [1.165, 1.54) is 24.1 Å². The van der Waals surface area contributed by atoms with Gasteiger partial charge in [-0.1, -0.05) is 50.5 Å². The van der Waals surface area contributed by atoms with Gasteiger partial charge in [0.2, 0.25) is 0 Å². The number of alkyl halides is 3. The average Bonchev–Trinajstić information content (AvgIpc) is 3.34. The van der Waals surface area contributed by atoms with Crippen LogP contribution in [0, 0.1) is 6.92 Å². The van der Waals surface area contributed by atoms with E-state index in [2.05, 4.69) is 6.92 Å². The number of para-hydroxylation sites is 1. The van der Waals surface area contributed by atoms with Gasteiger partial charge in [-0.05, 0) is 57.2 Å². The van der Waals surface area contributed by atoms with Crippen LogP contribution in [0.2, 0.25) is 0 Å². The van der Waals surface area contributed by atoms with Crippen LogP contribution in [0.3, 0.4) is 0 Å². The van der Waals surface area contributed by atoms with Gasteiger partial charge >= 0.3 is 24.1 Å². The Bertz CT molecular complexity index is 1390. The number of methoxy groups -OCH3 is 1. The second-order valence-electron chi connectivity index (χ2n) is 10.6. The molecule has 2 aromatic rings. The number of primary amides is 1. The molecule has 1 heterocycles. The van der Waals surface area contributed by atoms with Crippen LogP contribution < -0.4 is 20.1 Å². The van der Waals surface area contributed by atoms with Crippen LogP contribution >= 0.6 is 0 Å². The largest absolute Gasteiger partial charge is 0.496 e. The van der Waals surface area contributed by atoms with Crippen molar-refractivity contribution in [2.75, 3.05) is 12.0 Å². The van der Waals surface area contributed by atoms with Gasteiger partial charge in [0.15, 0.2) is 0 Å². The van der Waals surface area contributed by atoms with Crippen molar-refractivity contribution in [3.8, 4) is 11.5 Å². The number of carbonyl (C=O) groups is 3. The summed E-state index contributed by atoms with van der Waals surface area (Å²) >= 11 is 0. The quantitative estimate of drug-likeness (QED) is 0.145. The van der Waals surface area contributed by atoms with Crippen molar-refractivity contribution >= 4 is 23.7 Å². The minimum absolute atomic E-state index is 0.0520. The highest BCUT2D eigenvalue weighted by Crippen LogP contribution is 2.44. The maximum Gasteiger partial charge on any atom is 0.419 e. The Hall–Kier alpha value is -4.02. The van der Waals surface area contributed by atoms with E-state index < -0.39 is 35.5 Å². The zero-order valence-corrected chi connectivity index (χ0v) is 25.2. The highest BCUT2D eigenvalue weighted by Gasteiger charge is 2.38. The van der Waals surface area contributed by atoms with Crippen LogP contribution in [0.4, 0.5) is 23.7 Å². The number of rotatable bonds is 13. The molecule has 3 rings (SSSR count). The molecule has 2 amide bonds. The van der Waals surface area contributed by atoms with Crippen LogP contribution in [0.25, 0.3) is 0 Å². The van der Waals surface area contributed by atoms with Crippen molar-refractivity contribution in [3.05, 3.63) is 63.7 Å². The molecule has 234 valence electrons. The van der Waals surface area contributed by atoms with Gasteiger partial charge in [-0.2, -0.15) is 13.2 Å². The molecule has 8 nitrogen and oxygen atoms in total. The summed E-state index contributed by atoms with van der Waals surface area (Å²) in [6.07, 6.45) is 0.523. The Morgan fingerprint density at radius 1 is 1.19 bits per heavy atom. The average molecular weight is 605 g/mol. The first kappa shape index (κ1) is 33.5. The summed E-state index contributed by atoms with van der Waals surface area (Å²) in [7, 11) is 1.51. The predicted molar refractivity (Wildman–Crippen MR) is 156 cm³/mol. The number of fused-ring (bicyclic) bond motifs is 1. The van der Waals surface area contributed by atoms with Crippen molar-refractivity contribution in [2.24, 2.45) is 5.73 Å². The second kappa shape index (κ2) is 14.4. The maximum absolute atomic E-state index is 13.3. The molecule has 0 saturated carbocycles. The predicted octanol–water partition coefficient (Wildman–Crippen LogP) is 7.42. The molecule has 1 unspecified atom stereocenters. The first-order valence-electron chi connectivity index (χ1n) is 14.4. The molecule has 1 atom stereocenters. The molecule has 0 radical (unpaired) electrons. The third kappa shape index (κ3) is 7.69. The Balaban J connectivity index is 1.94. The Morgan fingerprint density at radius 3 is 2.49 bits per heavy atom. The number of nitrogens with two attached hydrogens (primary N) is 1. The van der Waals surface area contributed by atoms with E-state index in [4.69, 9.17) is 19.9 Å². The lowest BCUT2D eigenvalue weighted by molar-refractivity contribution is -0.142. The highest BCUT2D eigenvalue weighted by molar-refractivity contribution is 6.06. The number of esters is 2. The summed E-state index contributed by atoms with van der Waals surface area (Å²) in [5.74, 6) is -1.40. The number of allylic oxidation sites excluding steroid dienone is 2. The van der Waals surface area contributed by atoms with Gasteiger partial charge in [0.05, 0.1) is 23.9 Å². The van der Waals surface area contributed by atoms with E-state index in [9.17, 15) is 27.6 Å². The summed E-state index contributed by atoms with van der Waals surface area (Å²) in [6.45, 7) is 7.66. The minimum atomic E-state index is -4.66. The van der Waals surface area contributed by atoms with Crippen LogP contribution in [0.5, 0.6) is 11.5 Å². The molecule has 11 heteroatoms. The van der Waals surface area contributed by atoms with Crippen molar-refractivity contribution in [2.45, 2.75) is 91.5 Å². The number of amides is 2. The van der Waals surface area contributed by atoms with Gasteiger partial charge in [-0.15, -0.1) is 0 Å². The normalized spacial score (nSPS) is 13.8. The Labute approximate surface area is 250 Å². The number of ether oxygens (including phenoxy) is 3. The van der Waals surface area contributed by atoms with E-state index in [1.54, 1.807) is 6.92 Å². The summed E-state index contributed by atoms with van der Waals surface area (Å²) in [6, 6.07) is 3.59. The van der Waals surface area contributed by atoms with E-state index >= 15 is 0 Å². The number of nitrogens with zero attached hydrogens (tertiary/aromatic N) is 1.